The Balaban J connectivity index is 5.24. The Kier molecular flexibility index (Phi) is 69.3. The third kappa shape index (κ3) is 71.1. The molecule has 17 nitrogen and oxygen atoms in total. The average molecular weight is 1440 g/mol. The van der Waals surface area contributed by atoms with Crippen molar-refractivity contribution < 1.29 is 80.2 Å². The predicted octanol–water partition coefficient (Wildman–Crippen LogP) is 23.5. The van der Waals surface area contributed by atoms with Crippen LogP contribution >= 0.6 is 15.6 Å². The molecule has 0 aliphatic rings. The molecule has 98 heavy (non-hydrogen) atoms. The van der Waals surface area contributed by atoms with Crippen LogP contribution in [0.3, 0.4) is 0 Å². The van der Waals surface area contributed by atoms with E-state index in [2.05, 4.69) is 41.5 Å². The van der Waals surface area contributed by atoms with Gasteiger partial charge in [-0.05, 0) is 37.5 Å². The lowest BCUT2D eigenvalue weighted by atomic mass is 9.99. The molecule has 3 N–H and O–H groups in total. The lowest BCUT2D eigenvalue weighted by Crippen LogP contribution is -2.30. The summed E-state index contributed by atoms with van der Waals surface area (Å²) in [7, 11) is -9.91. The van der Waals surface area contributed by atoms with Gasteiger partial charge in [0.2, 0.25) is 0 Å². The molecule has 0 aromatic rings. The number of hydrogen-bond donors (Lipinski definition) is 3. The maximum absolute atomic E-state index is 13.1. The Bertz CT molecular complexity index is 1890. The number of phosphoric acid groups is 2. The van der Waals surface area contributed by atoms with Gasteiger partial charge in [-0.25, -0.2) is 9.13 Å². The minimum absolute atomic E-state index is 0.108. The fraction of sp³-hybridized carbons (Fsp3) is 0.949. The van der Waals surface area contributed by atoms with Crippen LogP contribution in [0.15, 0.2) is 0 Å². The van der Waals surface area contributed by atoms with Crippen molar-refractivity contribution in [3.8, 4) is 0 Å². The van der Waals surface area contributed by atoms with Gasteiger partial charge in [0.25, 0.3) is 0 Å². The minimum atomic E-state index is -4.96. The van der Waals surface area contributed by atoms with E-state index in [9.17, 15) is 43.2 Å². The zero-order chi connectivity index (χ0) is 72.1. The Hall–Kier alpha value is -1.94. The average Bonchev–Trinajstić information content (AvgIpc) is 0.944. The van der Waals surface area contributed by atoms with Crippen LogP contribution in [0.1, 0.15) is 414 Å². The summed E-state index contributed by atoms with van der Waals surface area (Å²) in [5.41, 5.74) is 0. The summed E-state index contributed by atoms with van der Waals surface area (Å²) in [6.07, 6.45) is 59.4. The van der Waals surface area contributed by atoms with Crippen molar-refractivity contribution in [1.82, 2.24) is 0 Å². The summed E-state index contributed by atoms with van der Waals surface area (Å²) in [6, 6.07) is 0. The van der Waals surface area contributed by atoms with Crippen LogP contribution in [-0.2, 0) is 65.4 Å². The van der Waals surface area contributed by atoms with Crippen molar-refractivity contribution in [2.45, 2.75) is 432 Å². The number of carbonyl (C=O) groups is 4. The first-order valence-corrected chi connectivity index (χ1v) is 44.0. The van der Waals surface area contributed by atoms with Gasteiger partial charge in [-0.15, -0.1) is 0 Å². The number of aliphatic hydroxyl groups is 1. The molecule has 582 valence electrons. The van der Waals surface area contributed by atoms with Gasteiger partial charge in [-0.1, -0.05) is 363 Å². The van der Waals surface area contributed by atoms with Crippen LogP contribution in [0, 0.1) is 11.8 Å². The number of ether oxygens (including phenoxy) is 4. The van der Waals surface area contributed by atoms with Gasteiger partial charge in [0.1, 0.15) is 19.3 Å². The van der Waals surface area contributed by atoms with Crippen LogP contribution < -0.4 is 0 Å². The van der Waals surface area contributed by atoms with E-state index in [1.54, 1.807) is 0 Å². The molecule has 0 amide bonds. The monoisotopic (exact) mass is 1440 g/mol. The molecule has 0 heterocycles. The molecular weight excluding hydrogens is 1280 g/mol. The molecule has 0 saturated heterocycles. The zero-order valence-corrected chi connectivity index (χ0v) is 65.9. The highest BCUT2D eigenvalue weighted by Crippen LogP contribution is 2.45. The number of unbranched alkanes of at least 4 members (excludes halogenated alkanes) is 47. The highest BCUT2D eigenvalue weighted by atomic mass is 31.2. The third-order valence-corrected chi connectivity index (χ3v) is 20.7. The zero-order valence-electron chi connectivity index (χ0n) is 64.1. The van der Waals surface area contributed by atoms with Crippen molar-refractivity contribution in [1.29, 1.82) is 0 Å². The Labute approximate surface area is 600 Å². The maximum Gasteiger partial charge on any atom is 0.472 e. The lowest BCUT2D eigenvalue weighted by molar-refractivity contribution is -0.161. The number of phosphoric ester groups is 2. The molecule has 19 heteroatoms. The van der Waals surface area contributed by atoms with Crippen LogP contribution in [0.5, 0.6) is 0 Å². The van der Waals surface area contributed by atoms with Crippen molar-refractivity contribution >= 4 is 39.5 Å². The molecule has 0 radical (unpaired) electrons. The van der Waals surface area contributed by atoms with Crippen LogP contribution in [0.25, 0.3) is 0 Å². The molecule has 0 rings (SSSR count). The first-order chi connectivity index (χ1) is 47.4. The molecule has 0 aromatic heterocycles. The van der Waals surface area contributed by atoms with E-state index in [1.807, 2.05) is 0 Å². The third-order valence-electron chi connectivity index (χ3n) is 18.8. The van der Waals surface area contributed by atoms with E-state index < -0.39 is 97.5 Å². The molecular formula is C79H154O17P2. The summed E-state index contributed by atoms with van der Waals surface area (Å²) in [6.45, 7) is 9.70. The van der Waals surface area contributed by atoms with Crippen LogP contribution in [0.2, 0.25) is 0 Å². The van der Waals surface area contributed by atoms with Crippen molar-refractivity contribution in [2.24, 2.45) is 11.8 Å². The smallest absolute Gasteiger partial charge is 0.462 e. The van der Waals surface area contributed by atoms with E-state index in [-0.39, 0.29) is 25.7 Å². The maximum atomic E-state index is 13.1. The molecule has 0 saturated carbocycles. The highest BCUT2D eigenvalue weighted by molar-refractivity contribution is 7.47. The van der Waals surface area contributed by atoms with Gasteiger partial charge in [0, 0.05) is 25.7 Å². The Morgan fingerprint density at radius 2 is 0.520 bits per heavy atom. The lowest BCUT2D eigenvalue weighted by Gasteiger charge is -2.21. The van der Waals surface area contributed by atoms with E-state index >= 15 is 0 Å². The number of carbonyl (C=O) groups excluding carboxylic acids is 4. The first-order valence-electron chi connectivity index (χ1n) is 41.0. The minimum Gasteiger partial charge on any atom is -0.462 e. The Morgan fingerprint density at radius 3 is 0.776 bits per heavy atom. The summed E-state index contributed by atoms with van der Waals surface area (Å²) in [5.74, 6) is -0.464. The molecule has 3 unspecified atom stereocenters. The summed E-state index contributed by atoms with van der Waals surface area (Å²) in [4.78, 5) is 72.9. The normalized spacial score (nSPS) is 14.2. The highest BCUT2D eigenvalue weighted by Gasteiger charge is 2.30. The standard InChI is InChI=1S/C79H154O17P2/c1-7-10-12-14-16-18-20-32-39-45-51-57-63-78(83)95-74(67-89-76(81)61-55-49-43-37-29-19-17-15-13-11-8-2)69-93-97(85,86)91-65-73(80)66-92-98(87,88)94-70-75(68-90-77(82)62-56-50-44-38-33-27-23-21-25-30-35-41-47-53-59-71(4)5)96-79(84)64-58-52-46-40-34-28-24-22-26-31-36-42-48-54-60-72(6)9-3/h71-75,80H,7-70H2,1-6H3,(H,85,86)(H,87,88)/t72?,73-,74+,75+/m0/s1. The molecule has 0 spiro atoms. The molecule has 0 aromatic carbocycles. The second-order valence-electron chi connectivity index (χ2n) is 29.2. The van der Waals surface area contributed by atoms with Gasteiger partial charge < -0.3 is 33.8 Å². The first kappa shape index (κ1) is 96.1. The molecule has 0 bridgehead atoms. The summed E-state index contributed by atoms with van der Waals surface area (Å²) >= 11 is 0. The van der Waals surface area contributed by atoms with Gasteiger partial charge in [-0.3, -0.25) is 37.3 Å². The van der Waals surface area contributed by atoms with E-state index in [4.69, 9.17) is 37.0 Å². The SMILES string of the molecule is CCCCCCCCCCCCCCC(=O)O[C@H](COC(=O)CCCCCCCCCCCCC)COP(=O)(O)OC[C@H](O)COP(=O)(O)OC[C@@H](COC(=O)CCCCCCCCCCCCCCCCC(C)C)OC(=O)CCCCCCCCCCCCCCCCC(C)CC. The van der Waals surface area contributed by atoms with Gasteiger partial charge in [0.15, 0.2) is 12.2 Å². The second kappa shape index (κ2) is 70.7. The Morgan fingerprint density at radius 1 is 0.296 bits per heavy atom. The van der Waals surface area contributed by atoms with Crippen molar-refractivity contribution in [3.63, 3.8) is 0 Å². The van der Waals surface area contributed by atoms with Crippen LogP contribution in [-0.4, -0.2) is 96.7 Å². The predicted molar refractivity (Wildman–Crippen MR) is 400 cm³/mol. The van der Waals surface area contributed by atoms with E-state index in [0.29, 0.717) is 25.7 Å². The van der Waals surface area contributed by atoms with Gasteiger partial charge >= 0.3 is 39.5 Å². The van der Waals surface area contributed by atoms with Crippen LogP contribution in [0.4, 0.5) is 0 Å². The molecule has 0 fully saturated rings. The number of hydrogen-bond acceptors (Lipinski definition) is 15. The largest absolute Gasteiger partial charge is 0.472 e. The quantitative estimate of drug-likeness (QED) is 0.0222. The van der Waals surface area contributed by atoms with Crippen molar-refractivity contribution in [3.05, 3.63) is 0 Å². The molecule has 0 aliphatic heterocycles. The van der Waals surface area contributed by atoms with E-state index in [0.717, 1.165) is 102 Å². The number of esters is 4. The van der Waals surface area contributed by atoms with Crippen molar-refractivity contribution in [2.75, 3.05) is 39.6 Å². The topological polar surface area (TPSA) is 237 Å². The summed E-state index contributed by atoms with van der Waals surface area (Å²) < 4.78 is 68.6. The number of aliphatic hydroxyl groups excluding tert-OH is 1. The molecule has 6 atom stereocenters. The number of rotatable bonds is 78. The van der Waals surface area contributed by atoms with Gasteiger partial charge in [0.05, 0.1) is 26.4 Å². The fourth-order valence-corrected chi connectivity index (χ4v) is 13.7. The van der Waals surface area contributed by atoms with E-state index in [1.165, 1.54) is 231 Å². The fourth-order valence-electron chi connectivity index (χ4n) is 12.2. The molecule has 0 aliphatic carbocycles. The second-order valence-corrected chi connectivity index (χ2v) is 32.1. The van der Waals surface area contributed by atoms with Gasteiger partial charge in [-0.2, -0.15) is 0 Å². The summed E-state index contributed by atoms with van der Waals surface area (Å²) in [5, 5.41) is 10.6.